The summed E-state index contributed by atoms with van der Waals surface area (Å²) in [5, 5.41) is 8.48. The van der Waals surface area contributed by atoms with E-state index < -0.39 is 18.4 Å². The summed E-state index contributed by atoms with van der Waals surface area (Å²) in [6.45, 7) is 5.60. The second-order valence-electron chi connectivity index (χ2n) is 4.99. The maximum absolute atomic E-state index is 11.6. The Hall–Kier alpha value is -1.88. The topological polar surface area (TPSA) is 78.4 Å². The zero-order chi connectivity index (χ0) is 13.8. The van der Waals surface area contributed by atoms with Crippen LogP contribution in [0.1, 0.15) is 36.7 Å². The number of hydrogen-bond donors (Lipinski definition) is 3. The highest BCUT2D eigenvalue weighted by Gasteiger charge is 2.14. The fourth-order valence-corrected chi connectivity index (χ4v) is 1.36. The predicted octanol–water partition coefficient (Wildman–Crippen LogP) is 0.737. The predicted molar refractivity (Wildman–Crippen MR) is 67.8 cm³/mol. The van der Waals surface area contributed by atoms with Gasteiger partial charge in [-0.1, -0.05) is 32.9 Å². The van der Waals surface area contributed by atoms with Crippen molar-refractivity contribution in [3.05, 3.63) is 35.4 Å². The quantitative estimate of drug-likeness (QED) is 0.677. The number of nitrogens with one attached hydrogen (secondary N) is 2. The SMILES string of the molecule is CC(C)(C)c1ccc(C(=O)NNC(=O)CO)cc1. The summed E-state index contributed by atoms with van der Waals surface area (Å²) in [5.41, 5.74) is 5.89. The lowest BCUT2D eigenvalue weighted by molar-refractivity contribution is -0.124. The Balaban J connectivity index is 2.68. The lowest BCUT2D eigenvalue weighted by Crippen LogP contribution is -2.42. The van der Waals surface area contributed by atoms with Crippen LogP contribution >= 0.6 is 0 Å². The van der Waals surface area contributed by atoms with Crippen LogP contribution in [-0.2, 0) is 10.2 Å². The van der Waals surface area contributed by atoms with E-state index in [0.29, 0.717) is 5.56 Å². The van der Waals surface area contributed by atoms with Crippen molar-refractivity contribution in [1.82, 2.24) is 10.9 Å². The number of carbonyl (C=O) groups excluding carboxylic acids is 2. The average molecular weight is 250 g/mol. The molecule has 5 heteroatoms. The Morgan fingerprint density at radius 3 is 2.11 bits per heavy atom. The minimum absolute atomic E-state index is 0.0279. The summed E-state index contributed by atoms with van der Waals surface area (Å²) in [4.78, 5) is 22.4. The van der Waals surface area contributed by atoms with Crippen molar-refractivity contribution >= 4 is 11.8 Å². The Morgan fingerprint density at radius 2 is 1.67 bits per heavy atom. The third-order valence-corrected chi connectivity index (χ3v) is 2.47. The van der Waals surface area contributed by atoms with Gasteiger partial charge in [0.25, 0.3) is 11.8 Å². The molecule has 1 aromatic rings. The fourth-order valence-electron chi connectivity index (χ4n) is 1.36. The van der Waals surface area contributed by atoms with Crippen molar-refractivity contribution in [2.45, 2.75) is 26.2 Å². The summed E-state index contributed by atoms with van der Waals surface area (Å²) in [7, 11) is 0. The minimum Gasteiger partial charge on any atom is -0.386 e. The molecule has 0 aromatic heterocycles. The highest BCUT2D eigenvalue weighted by molar-refractivity contribution is 5.95. The molecule has 0 spiro atoms. The van der Waals surface area contributed by atoms with Crippen LogP contribution < -0.4 is 10.9 Å². The highest BCUT2D eigenvalue weighted by Crippen LogP contribution is 2.21. The van der Waals surface area contributed by atoms with Crippen molar-refractivity contribution in [2.24, 2.45) is 0 Å². The van der Waals surface area contributed by atoms with Gasteiger partial charge in [-0.3, -0.25) is 20.4 Å². The molecule has 1 aromatic carbocycles. The van der Waals surface area contributed by atoms with Gasteiger partial charge in [-0.05, 0) is 23.1 Å². The standard InChI is InChI=1S/C13H18N2O3/c1-13(2,3)10-6-4-9(5-7-10)12(18)15-14-11(17)8-16/h4-7,16H,8H2,1-3H3,(H,14,17)(H,15,18). The van der Waals surface area contributed by atoms with E-state index in [4.69, 9.17) is 5.11 Å². The van der Waals surface area contributed by atoms with Crippen molar-refractivity contribution < 1.29 is 14.7 Å². The lowest BCUT2D eigenvalue weighted by Gasteiger charge is -2.19. The van der Waals surface area contributed by atoms with E-state index >= 15 is 0 Å². The van der Waals surface area contributed by atoms with Crippen molar-refractivity contribution in [3.8, 4) is 0 Å². The van der Waals surface area contributed by atoms with Crippen molar-refractivity contribution in [3.63, 3.8) is 0 Å². The Kier molecular flexibility index (Phi) is 4.44. The molecule has 0 saturated heterocycles. The third kappa shape index (κ3) is 3.85. The largest absolute Gasteiger partial charge is 0.386 e. The molecular formula is C13H18N2O3. The molecule has 1 rings (SSSR count). The first-order valence-electron chi connectivity index (χ1n) is 5.65. The number of hydrazine groups is 1. The molecule has 0 unspecified atom stereocenters. The number of rotatable bonds is 2. The van der Waals surface area contributed by atoms with Crippen LogP contribution in [0.4, 0.5) is 0 Å². The van der Waals surface area contributed by atoms with Crippen LogP contribution in [0.15, 0.2) is 24.3 Å². The first kappa shape index (κ1) is 14.2. The molecule has 0 saturated carbocycles. The Bertz CT molecular complexity index is 433. The summed E-state index contributed by atoms with van der Waals surface area (Å²) < 4.78 is 0. The maximum Gasteiger partial charge on any atom is 0.269 e. The first-order chi connectivity index (χ1) is 8.34. The van der Waals surface area contributed by atoms with E-state index in [1.165, 1.54) is 0 Å². The maximum atomic E-state index is 11.6. The number of aliphatic hydroxyl groups excluding tert-OH is 1. The summed E-state index contributed by atoms with van der Waals surface area (Å²) in [6, 6.07) is 7.15. The Labute approximate surface area is 106 Å². The van der Waals surface area contributed by atoms with Crippen molar-refractivity contribution in [1.29, 1.82) is 0 Å². The molecule has 0 fully saturated rings. The van der Waals surface area contributed by atoms with Gasteiger partial charge in [0.05, 0.1) is 0 Å². The van der Waals surface area contributed by atoms with Gasteiger partial charge in [0.15, 0.2) is 0 Å². The number of amides is 2. The number of aliphatic hydroxyl groups is 1. The molecule has 0 aliphatic rings. The van der Waals surface area contributed by atoms with Gasteiger partial charge in [-0.25, -0.2) is 0 Å². The summed E-state index contributed by atoms with van der Waals surface area (Å²) in [6.07, 6.45) is 0. The number of benzene rings is 1. The molecule has 98 valence electrons. The van der Waals surface area contributed by atoms with Crippen LogP contribution in [0.3, 0.4) is 0 Å². The second-order valence-corrected chi connectivity index (χ2v) is 4.99. The van der Waals surface area contributed by atoms with Gasteiger partial charge in [0, 0.05) is 5.56 Å². The molecule has 0 atom stereocenters. The molecule has 18 heavy (non-hydrogen) atoms. The van der Waals surface area contributed by atoms with Crippen LogP contribution in [-0.4, -0.2) is 23.5 Å². The smallest absolute Gasteiger partial charge is 0.269 e. The minimum atomic E-state index is -0.663. The van der Waals surface area contributed by atoms with E-state index in [2.05, 4.69) is 31.6 Å². The van der Waals surface area contributed by atoms with Crippen LogP contribution in [0, 0.1) is 0 Å². The van der Waals surface area contributed by atoms with Crippen LogP contribution in [0.2, 0.25) is 0 Å². The van der Waals surface area contributed by atoms with Gasteiger partial charge in [0.2, 0.25) is 0 Å². The normalized spacial score (nSPS) is 10.9. The van der Waals surface area contributed by atoms with Gasteiger partial charge < -0.3 is 5.11 Å². The van der Waals surface area contributed by atoms with E-state index in [-0.39, 0.29) is 5.41 Å². The molecular weight excluding hydrogens is 232 g/mol. The Morgan fingerprint density at radius 1 is 1.11 bits per heavy atom. The average Bonchev–Trinajstić information content (AvgIpc) is 2.34. The second kappa shape index (κ2) is 5.64. The van der Waals surface area contributed by atoms with E-state index in [9.17, 15) is 9.59 Å². The molecule has 2 amide bonds. The molecule has 0 radical (unpaired) electrons. The van der Waals surface area contributed by atoms with Crippen molar-refractivity contribution in [2.75, 3.05) is 6.61 Å². The first-order valence-corrected chi connectivity index (χ1v) is 5.65. The summed E-state index contributed by atoms with van der Waals surface area (Å²) in [5.74, 6) is -1.08. The van der Waals surface area contributed by atoms with E-state index in [0.717, 1.165) is 5.56 Å². The number of hydrogen-bond acceptors (Lipinski definition) is 3. The van der Waals surface area contributed by atoms with Crippen LogP contribution in [0.5, 0.6) is 0 Å². The molecule has 5 nitrogen and oxygen atoms in total. The highest BCUT2D eigenvalue weighted by atomic mass is 16.3. The summed E-state index contributed by atoms with van der Waals surface area (Å²) >= 11 is 0. The molecule has 0 aliphatic carbocycles. The molecule has 0 heterocycles. The molecule has 0 bridgehead atoms. The number of carbonyl (C=O) groups is 2. The van der Waals surface area contributed by atoms with Gasteiger partial charge in [-0.15, -0.1) is 0 Å². The van der Waals surface area contributed by atoms with Gasteiger partial charge in [-0.2, -0.15) is 0 Å². The molecule has 3 N–H and O–H groups in total. The van der Waals surface area contributed by atoms with Gasteiger partial charge in [0.1, 0.15) is 6.61 Å². The van der Waals surface area contributed by atoms with Crippen LogP contribution in [0.25, 0.3) is 0 Å². The monoisotopic (exact) mass is 250 g/mol. The zero-order valence-electron chi connectivity index (χ0n) is 10.8. The lowest BCUT2D eigenvalue weighted by atomic mass is 9.87. The fraction of sp³-hybridized carbons (Fsp3) is 0.385. The zero-order valence-corrected chi connectivity index (χ0v) is 10.8. The van der Waals surface area contributed by atoms with Gasteiger partial charge >= 0.3 is 0 Å². The van der Waals surface area contributed by atoms with E-state index in [1.807, 2.05) is 12.1 Å². The third-order valence-electron chi connectivity index (χ3n) is 2.47. The van der Waals surface area contributed by atoms with E-state index in [1.54, 1.807) is 12.1 Å². The molecule has 0 aliphatic heterocycles.